The molecule has 0 spiro atoms. The highest BCUT2D eigenvalue weighted by Crippen LogP contribution is 2.25. The first-order valence-electron chi connectivity index (χ1n) is 8.72. The van der Waals surface area contributed by atoms with E-state index in [1.54, 1.807) is 0 Å². The Morgan fingerprint density at radius 1 is 1.23 bits per heavy atom. The first kappa shape index (κ1) is 18.9. The number of anilines is 1. The lowest BCUT2D eigenvalue weighted by Crippen LogP contribution is -2.28. The van der Waals surface area contributed by atoms with Crippen molar-refractivity contribution in [1.82, 2.24) is 5.43 Å². The van der Waals surface area contributed by atoms with Crippen molar-refractivity contribution in [3.8, 4) is 0 Å². The summed E-state index contributed by atoms with van der Waals surface area (Å²) in [4.78, 5) is 15.4. The van der Waals surface area contributed by atoms with Crippen molar-refractivity contribution in [2.75, 3.05) is 18.0 Å². The number of carbonyl (C=O) groups excluding carboxylic acids is 1. The zero-order chi connectivity index (χ0) is 18.4. The number of benzene rings is 1. The molecule has 0 aliphatic carbocycles. The summed E-state index contributed by atoms with van der Waals surface area (Å²) in [6.45, 7) is 3.89. The number of hydrogen-bond acceptors (Lipinski definition) is 5. The molecule has 1 aliphatic rings. The van der Waals surface area contributed by atoms with E-state index in [2.05, 4.69) is 15.4 Å². The normalized spacial score (nSPS) is 16.0. The molecule has 0 radical (unpaired) electrons. The molecule has 1 fully saturated rings. The van der Waals surface area contributed by atoms with Crippen molar-refractivity contribution in [3.05, 3.63) is 47.2 Å². The molecule has 0 unspecified atom stereocenters. The zero-order valence-electron chi connectivity index (χ0n) is 14.7. The van der Waals surface area contributed by atoms with Crippen molar-refractivity contribution >= 4 is 41.4 Å². The summed E-state index contributed by atoms with van der Waals surface area (Å²) in [5.74, 6) is 1.33. The Kier molecular flexibility index (Phi) is 6.63. The second-order valence-electron chi connectivity index (χ2n) is 6.17. The fraction of sp³-hybridized carbons (Fsp3) is 0.368. The standard InChI is InChI=1S/C19H22ClN3O2S/c1-14(26-17-8-5-15(20)6-9-17)19(24)22-21-13-16-7-10-18(25-16)23-11-3-2-4-12-23/h5-10,13-14H,2-4,11-12H2,1H3,(H,22,24)/b21-13-/t14-/m1/s1. The van der Waals surface area contributed by atoms with Gasteiger partial charge >= 0.3 is 0 Å². The lowest BCUT2D eigenvalue weighted by Gasteiger charge is -2.25. The van der Waals surface area contributed by atoms with Gasteiger partial charge in [-0.3, -0.25) is 4.79 Å². The molecule has 138 valence electrons. The van der Waals surface area contributed by atoms with E-state index in [0.29, 0.717) is 10.8 Å². The number of hydrogen-bond donors (Lipinski definition) is 1. The molecule has 7 heteroatoms. The summed E-state index contributed by atoms with van der Waals surface area (Å²) < 4.78 is 5.78. The van der Waals surface area contributed by atoms with E-state index in [1.165, 1.54) is 37.2 Å². The molecule has 1 saturated heterocycles. The summed E-state index contributed by atoms with van der Waals surface area (Å²) in [6, 6.07) is 11.2. The van der Waals surface area contributed by atoms with Crippen LogP contribution in [0.2, 0.25) is 5.02 Å². The van der Waals surface area contributed by atoms with Gasteiger partial charge in [0.25, 0.3) is 5.91 Å². The quantitative estimate of drug-likeness (QED) is 0.445. The number of thioether (sulfide) groups is 1. The molecule has 1 aromatic carbocycles. The van der Waals surface area contributed by atoms with Crippen LogP contribution in [0.1, 0.15) is 31.9 Å². The molecule has 0 bridgehead atoms. The first-order valence-corrected chi connectivity index (χ1v) is 9.97. The lowest BCUT2D eigenvalue weighted by molar-refractivity contribution is -0.120. The minimum absolute atomic E-state index is 0.163. The largest absolute Gasteiger partial charge is 0.440 e. The van der Waals surface area contributed by atoms with E-state index in [9.17, 15) is 4.79 Å². The SMILES string of the molecule is C[C@@H](Sc1ccc(Cl)cc1)C(=O)N/N=C\c1ccc(N2CCCCC2)o1. The van der Waals surface area contributed by atoms with Crippen molar-refractivity contribution in [3.63, 3.8) is 0 Å². The topological polar surface area (TPSA) is 57.8 Å². The van der Waals surface area contributed by atoms with Crippen LogP contribution >= 0.6 is 23.4 Å². The van der Waals surface area contributed by atoms with Gasteiger partial charge in [0, 0.05) is 29.1 Å². The molecule has 2 aromatic rings. The van der Waals surface area contributed by atoms with Crippen LogP contribution in [-0.4, -0.2) is 30.5 Å². The highest BCUT2D eigenvalue weighted by atomic mass is 35.5. The van der Waals surface area contributed by atoms with Crippen LogP contribution in [0.5, 0.6) is 0 Å². The number of nitrogens with zero attached hydrogens (tertiary/aromatic N) is 2. The van der Waals surface area contributed by atoms with Crippen LogP contribution in [0.15, 0.2) is 50.8 Å². The third-order valence-electron chi connectivity index (χ3n) is 4.14. The number of furan rings is 1. The maximum atomic E-state index is 12.1. The second-order valence-corrected chi connectivity index (χ2v) is 8.02. The average Bonchev–Trinajstić information content (AvgIpc) is 3.13. The van der Waals surface area contributed by atoms with Gasteiger partial charge in [-0.2, -0.15) is 5.10 Å². The molecule has 1 atom stereocenters. The maximum Gasteiger partial charge on any atom is 0.253 e. The van der Waals surface area contributed by atoms with Gasteiger partial charge in [-0.05, 0) is 56.5 Å². The predicted octanol–water partition coefficient (Wildman–Crippen LogP) is 4.55. The molecular weight excluding hydrogens is 370 g/mol. The van der Waals surface area contributed by atoms with E-state index in [-0.39, 0.29) is 11.2 Å². The van der Waals surface area contributed by atoms with Gasteiger partial charge in [0.15, 0.2) is 5.88 Å². The Bertz CT molecular complexity index is 754. The molecule has 1 N–H and O–H groups in total. The van der Waals surface area contributed by atoms with E-state index in [4.69, 9.17) is 16.0 Å². The van der Waals surface area contributed by atoms with Crippen LogP contribution < -0.4 is 10.3 Å². The highest BCUT2D eigenvalue weighted by Gasteiger charge is 2.15. The number of carbonyl (C=O) groups is 1. The maximum absolute atomic E-state index is 12.1. The smallest absolute Gasteiger partial charge is 0.253 e. The second kappa shape index (κ2) is 9.14. The van der Waals surface area contributed by atoms with Crippen LogP contribution in [0, 0.1) is 0 Å². The molecule has 2 heterocycles. The van der Waals surface area contributed by atoms with E-state index < -0.39 is 0 Å². The fourth-order valence-electron chi connectivity index (χ4n) is 2.72. The Morgan fingerprint density at radius 3 is 2.69 bits per heavy atom. The third-order valence-corrected chi connectivity index (χ3v) is 5.51. The van der Waals surface area contributed by atoms with E-state index in [1.807, 2.05) is 43.3 Å². The van der Waals surface area contributed by atoms with E-state index >= 15 is 0 Å². The van der Waals surface area contributed by atoms with Gasteiger partial charge < -0.3 is 9.32 Å². The van der Waals surface area contributed by atoms with Gasteiger partial charge in [-0.1, -0.05) is 11.6 Å². The van der Waals surface area contributed by atoms with Gasteiger partial charge in [-0.25, -0.2) is 5.43 Å². The van der Waals surface area contributed by atoms with E-state index in [0.717, 1.165) is 23.9 Å². The van der Waals surface area contributed by atoms with Crippen LogP contribution in [0.4, 0.5) is 5.88 Å². The number of hydrazone groups is 1. The number of amides is 1. The Labute approximate surface area is 162 Å². The summed E-state index contributed by atoms with van der Waals surface area (Å²) in [7, 11) is 0. The van der Waals surface area contributed by atoms with Crippen molar-refractivity contribution in [1.29, 1.82) is 0 Å². The summed E-state index contributed by atoms with van der Waals surface area (Å²) in [6.07, 6.45) is 5.21. The van der Waals surface area contributed by atoms with Crippen molar-refractivity contribution < 1.29 is 9.21 Å². The molecule has 1 amide bonds. The molecule has 1 aliphatic heterocycles. The molecule has 5 nitrogen and oxygen atoms in total. The summed E-state index contributed by atoms with van der Waals surface area (Å²) >= 11 is 7.32. The Morgan fingerprint density at radius 2 is 1.96 bits per heavy atom. The van der Waals surface area contributed by atoms with Gasteiger partial charge in [0.1, 0.15) is 5.76 Å². The van der Waals surface area contributed by atoms with Crippen LogP contribution in [-0.2, 0) is 4.79 Å². The highest BCUT2D eigenvalue weighted by molar-refractivity contribution is 8.00. The van der Waals surface area contributed by atoms with Crippen molar-refractivity contribution in [2.45, 2.75) is 36.3 Å². The monoisotopic (exact) mass is 391 g/mol. The summed E-state index contributed by atoms with van der Waals surface area (Å²) in [5.41, 5.74) is 2.56. The number of rotatable bonds is 6. The molecule has 26 heavy (non-hydrogen) atoms. The fourth-order valence-corrected chi connectivity index (χ4v) is 3.70. The molecule has 3 rings (SSSR count). The zero-order valence-corrected chi connectivity index (χ0v) is 16.2. The summed E-state index contributed by atoms with van der Waals surface area (Å²) in [5, 5.41) is 4.42. The van der Waals surface area contributed by atoms with Gasteiger partial charge in [0.05, 0.1) is 11.5 Å². The number of piperidine rings is 1. The van der Waals surface area contributed by atoms with Crippen LogP contribution in [0.3, 0.4) is 0 Å². The number of halogens is 1. The Hall–Kier alpha value is -1.92. The Balaban J connectivity index is 1.48. The minimum Gasteiger partial charge on any atom is -0.440 e. The van der Waals surface area contributed by atoms with Crippen LogP contribution in [0.25, 0.3) is 0 Å². The predicted molar refractivity (Wildman–Crippen MR) is 107 cm³/mol. The lowest BCUT2D eigenvalue weighted by atomic mass is 10.1. The van der Waals surface area contributed by atoms with Gasteiger partial charge in [0.2, 0.25) is 0 Å². The average molecular weight is 392 g/mol. The van der Waals surface area contributed by atoms with Gasteiger partial charge in [-0.15, -0.1) is 11.8 Å². The van der Waals surface area contributed by atoms with Crippen molar-refractivity contribution in [2.24, 2.45) is 5.10 Å². The minimum atomic E-state index is -0.270. The molecule has 1 aromatic heterocycles. The molecular formula is C19H22ClN3O2S. The molecule has 0 saturated carbocycles. The number of nitrogens with one attached hydrogen (secondary N) is 1. The first-order chi connectivity index (χ1) is 12.6. The third kappa shape index (κ3) is 5.29.